The Labute approximate surface area is 105 Å². The maximum absolute atomic E-state index is 11.4. The molecule has 3 unspecified atom stereocenters. The lowest BCUT2D eigenvalue weighted by Gasteiger charge is -2.35. The topological polar surface area (TPSA) is 89.5 Å². The van der Waals surface area contributed by atoms with E-state index in [0.29, 0.717) is 19.3 Å². The molecule has 2 aliphatic carbocycles. The van der Waals surface area contributed by atoms with Crippen molar-refractivity contribution >= 4 is 11.8 Å². The first-order valence-corrected chi connectivity index (χ1v) is 6.03. The average molecular weight is 250 g/mol. The molecule has 0 aliphatic heterocycles. The highest BCUT2D eigenvalue weighted by Gasteiger charge is 2.24. The van der Waals surface area contributed by atoms with E-state index in [4.69, 9.17) is 4.74 Å². The van der Waals surface area contributed by atoms with Gasteiger partial charge in [-0.1, -0.05) is 18.9 Å². The van der Waals surface area contributed by atoms with Gasteiger partial charge in [0.05, 0.1) is 18.0 Å². The lowest BCUT2D eigenvalue weighted by atomic mass is 9.94. The van der Waals surface area contributed by atoms with Gasteiger partial charge < -0.3 is 19.7 Å². The van der Waals surface area contributed by atoms with E-state index in [9.17, 15) is 19.8 Å². The minimum Gasteiger partial charge on any atom is -0.852 e. The van der Waals surface area contributed by atoms with Gasteiger partial charge in [-0.3, -0.25) is 4.79 Å². The highest BCUT2D eigenvalue weighted by Crippen LogP contribution is 2.26. The summed E-state index contributed by atoms with van der Waals surface area (Å²) >= 11 is 0. The molecule has 2 aliphatic rings. The smallest absolute Gasteiger partial charge is 0.181 e. The van der Waals surface area contributed by atoms with E-state index < -0.39 is 18.0 Å². The number of rotatable bonds is 3. The van der Waals surface area contributed by atoms with E-state index >= 15 is 0 Å². The summed E-state index contributed by atoms with van der Waals surface area (Å²) in [5.41, 5.74) is 0. The van der Waals surface area contributed by atoms with Gasteiger partial charge in [-0.05, 0) is 18.9 Å². The molecular formula is C13H14O5-2. The van der Waals surface area contributed by atoms with Crippen LogP contribution in [0.2, 0.25) is 0 Å². The van der Waals surface area contributed by atoms with E-state index in [1.807, 2.05) is 0 Å². The highest BCUT2D eigenvalue weighted by atomic mass is 16.5. The molecule has 18 heavy (non-hydrogen) atoms. The van der Waals surface area contributed by atoms with Crippen LogP contribution in [-0.4, -0.2) is 24.0 Å². The van der Waals surface area contributed by atoms with E-state index in [0.717, 1.165) is 12.5 Å². The number of ketones is 1. The minimum atomic E-state index is -1.31. The zero-order chi connectivity index (χ0) is 13.1. The van der Waals surface area contributed by atoms with Gasteiger partial charge in [0.15, 0.2) is 5.78 Å². The summed E-state index contributed by atoms with van der Waals surface area (Å²) in [7, 11) is 0. The molecular weight excluding hydrogens is 236 g/mol. The first-order valence-electron chi connectivity index (χ1n) is 6.03. The molecule has 0 saturated heterocycles. The van der Waals surface area contributed by atoms with Crippen molar-refractivity contribution in [3.05, 3.63) is 24.0 Å². The molecule has 2 rings (SSSR count). The monoisotopic (exact) mass is 250 g/mol. The molecule has 0 aromatic heterocycles. The Bertz CT molecular complexity index is 410. The van der Waals surface area contributed by atoms with Crippen LogP contribution < -0.4 is 10.2 Å². The summed E-state index contributed by atoms with van der Waals surface area (Å²) in [4.78, 5) is 22.2. The third kappa shape index (κ3) is 2.98. The van der Waals surface area contributed by atoms with E-state index in [-0.39, 0.29) is 17.6 Å². The van der Waals surface area contributed by atoms with Crippen LogP contribution in [0.1, 0.15) is 25.7 Å². The second kappa shape index (κ2) is 5.35. The number of carboxylic acid groups (broad SMARTS) is 1. The van der Waals surface area contributed by atoms with E-state index in [1.165, 1.54) is 12.2 Å². The number of carbonyl (C=O) groups excluding carboxylic acids is 2. The van der Waals surface area contributed by atoms with E-state index in [1.54, 1.807) is 0 Å². The van der Waals surface area contributed by atoms with Gasteiger partial charge in [0.25, 0.3) is 0 Å². The normalized spacial score (nSPS) is 31.9. The summed E-state index contributed by atoms with van der Waals surface area (Å²) in [5.74, 6) is -2.56. The third-order valence-corrected chi connectivity index (χ3v) is 3.18. The standard InChI is InChI=1S/C13H15O5/c14-8-2-1-3-10(6-8)18-12-7-9(15)4-5-11(12)13(16)17/h4-5,7-8,10-11H,1-3,6H2,(H,16,17)/q-1/p-1. The lowest BCUT2D eigenvalue weighted by molar-refractivity contribution is -0.429. The number of carboxylic acids is 1. The molecule has 0 aromatic carbocycles. The van der Waals surface area contributed by atoms with Crippen molar-refractivity contribution in [2.24, 2.45) is 5.92 Å². The zero-order valence-electron chi connectivity index (χ0n) is 9.83. The summed E-state index contributed by atoms with van der Waals surface area (Å²) < 4.78 is 5.52. The molecule has 3 atom stereocenters. The minimum absolute atomic E-state index is 0.0848. The first kappa shape index (κ1) is 12.8. The number of aliphatic carboxylic acids is 1. The van der Waals surface area contributed by atoms with Gasteiger partial charge in [0, 0.05) is 6.08 Å². The fourth-order valence-corrected chi connectivity index (χ4v) is 2.27. The van der Waals surface area contributed by atoms with Crippen LogP contribution in [0.15, 0.2) is 24.0 Å². The Kier molecular flexibility index (Phi) is 3.81. The maximum atomic E-state index is 11.4. The van der Waals surface area contributed by atoms with Crippen LogP contribution in [0.25, 0.3) is 0 Å². The largest absolute Gasteiger partial charge is 0.852 e. The fourth-order valence-electron chi connectivity index (χ4n) is 2.27. The molecule has 5 heteroatoms. The Morgan fingerprint density at radius 2 is 2.17 bits per heavy atom. The van der Waals surface area contributed by atoms with Crippen LogP contribution in [0.4, 0.5) is 0 Å². The van der Waals surface area contributed by atoms with Gasteiger partial charge in [-0.25, -0.2) is 0 Å². The highest BCUT2D eigenvalue weighted by molar-refractivity contribution is 6.02. The third-order valence-electron chi connectivity index (χ3n) is 3.18. The lowest BCUT2D eigenvalue weighted by Crippen LogP contribution is -2.38. The predicted molar refractivity (Wildman–Crippen MR) is 57.9 cm³/mol. The second-order valence-corrected chi connectivity index (χ2v) is 4.63. The molecule has 0 N–H and O–H groups in total. The molecule has 98 valence electrons. The molecule has 1 saturated carbocycles. The van der Waals surface area contributed by atoms with Crippen LogP contribution in [-0.2, 0) is 14.3 Å². The summed E-state index contributed by atoms with van der Waals surface area (Å²) in [5, 5.41) is 22.3. The number of hydrogen-bond donors (Lipinski definition) is 0. The van der Waals surface area contributed by atoms with Crippen LogP contribution >= 0.6 is 0 Å². The molecule has 0 amide bonds. The molecule has 0 spiro atoms. The Morgan fingerprint density at radius 3 is 2.83 bits per heavy atom. The summed E-state index contributed by atoms with van der Waals surface area (Å²) in [6, 6.07) is 0. The maximum Gasteiger partial charge on any atom is 0.181 e. The SMILES string of the molecule is O=C1C=CC(C(=O)[O-])C(OC2CCCC([O-])C2)=C1. The van der Waals surface area contributed by atoms with Gasteiger partial charge in [0.1, 0.15) is 5.76 Å². The van der Waals surface area contributed by atoms with Crippen molar-refractivity contribution in [2.75, 3.05) is 0 Å². The molecule has 1 fully saturated rings. The molecule has 5 nitrogen and oxygen atoms in total. The zero-order valence-corrected chi connectivity index (χ0v) is 9.83. The predicted octanol–water partition coefficient (Wildman–Crippen LogP) is -0.937. The van der Waals surface area contributed by atoms with Crippen molar-refractivity contribution < 1.29 is 24.5 Å². The Balaban J connectivity index is 2.05. The van der Waals surface area contributed by atoms with Gasteiger partial charge in [0.2, 0.25) is 0 Å². The molecule has 0 bridgehead atoms. The van der Waals surface area contributed by atoms with Gasteiger partial charge in [-0.2, -0.15) is 0 Å². The Hall–Kier alpha value is -1.62. The summed E-state index contributed by atoms with van der Waals surface area (Å²) in [6.45, 7) is 0. The number of ether oxygens (including phenoxy) is 1. The van der Waals surface area contributed by atoms with Crippen LogP contribution in [0.3, 0.4) is 0 Å². The fraction of sp³-hybridized carbons (Fsp3) is 0.538. The molecule has 0 radical (unpaired) electrons. The number of hydrogen-bond acceptors (Lipinski definition) is 5. The van der Waals surface area contributed by atoms with Gasteiger partial charge in [-0.15, -0.1) is 6.10 Å². The van der Waals surface area contributed by atoms with Crippen molar-refractivity contribution in [3.63, 3.8) is 0 Å². The number of carbonyl (C=O) groups is 2. The summed E-state index contributed by atoms with van der Waals surface area (Å²) in [6.07, 6.45) is 5.11. The van der Waals surface area contributed by atoms with Crippen molar-refractivity contribution in [3.8, 4) is 0 Å². The van der Waals surface area contributed by atoms with Crippen LogP contribution in [0, 0.1) is 5.92 Å². The van der Waals surface area contributed by atoms with E-state index in [2.05, 4.69) is 0 Å². The second-order valence-electron chi connectivity index (χ2n) is 4.63. The van der Waals surface area contributed by atoms with Crippen LogP contribution in [0.5, 0.6) is 0 Å². The van der Waals surface area contributed by atoms with Crippen molar-refractivity contribution in [1.82, 2.24) is 0 Å². The molecule has 0 heterocycles. The van der Waals surface area contributed by atoms with Crippen molar-refractivity contribution in [1.29, 1.82) is 0 Å². The average Bonchev–Trinajstić information content (AvgIpc) is 2.28. The first-order chi connectivity index (χ1) is 8.56. The quantitative estimate of drug-likeness (QED) is 0.645. The van der Waals surface area contributed by atoms with Gasteiger partial charge >= 0.3 is 0 Å². The van der Waals surface area contributed by atoms with Crippen molar-refractivity contribution in [2.45, 2.75) is 37.9 Å². The Morgan fingerprint density at radius 1 is 1.39 bits per heavy atom. The molecule has 0 aromatic rings. The number of allylic oxidation sites excluding steroid dienone is 2.